The van der Waals surface area contributed by atoms with E-state index in [0.717, 1.165) is 16.3 Å². The van der Waals surface area contributed by atoms with Crippen molar-refractivity contribution in [2.45, 2.75) is 13.3 Å². The first-order chi connectivity index (χ1) is 13.0. The van der Waals surface area contributed by atoms with E-state index in [1.54, 1.807) is 31.3 Å². The lowest BCUT2D eigenvalue weighted by molar-refractivity contribution is -0.115. The average Bonchev–Trinajstić information content (AvgIpc) is 3.11. The summed E-state index contributed by atoms with van der Waals surface area (Å²) >= 11 is 1.53. The minimum absolute atomic E-state index is 0.136. The van der Waals surface area contributed by atoms with Gasteiger partial charge in [0, 0.05) is 29.4 Å². The molecule has 2 aromatic carbocycles. The highest BCUT2D eigenvalue weighted by atomic mass is 32.1. The van der Waals surface area contributed by atoms with Crippen LogP contribution in [0.3, 0.4) is 0 Å². The Morgan fingerprint density at radius 1 is 1.04 bits per heavy atom. The fourth-order valence-electron chi connectivity index (χ4n) is 2.50. The first-order valence-electron chi connectivity index (χ1n) is 8.43. The lowest BCUT2D eigenvalue weighted by atomic mass is 10.1. The van der Waals surface area contributed by atoms with Crippen molar-refractivity contribution < 1.29 is 9.59 Å². The molecule has 0 aliphatic carbocycles. The van der Waals surface area contributed by atoms with Crippen molar-refractivity contribution in [2.75, 3.05) is 17.7 Å². The molecular weight excluding hydrogens is 360 g/mol. The molecule has 0 bridgehead atoms. The second kappa shape index (κ2) is 8.46. The van der Waals surface area contributed by atoms with Gasteiger partial charge in [-0.3, -0.25) is 4.79 Å². The van der Waals surface area contributed by atoms with Crippen LogP contribution in [0.15, 0.2) is 53.9 Å². The molecule has 0 spiro atoms. The minimum Gasteiger partial charge on any atom is -0.341 e. The van der Waals surface area contributed by atoms with Crippen LogP contribution in [-0.2, 0) is 11.2 Å². The van der Waals surface area contributed by atoms with E-state index in [-0.39, 0.29) is 18.4 Å². The van der Waals surface area contributed by atoms with E-state index >= 15 is 0 Å². The van der Waals surface area contributed by atoms with Gasteiger partial charge in [0.05, 0.1) is 12.1 Å². The maximum absolute atomic E-state index is 12.3. The lowest BCUT2D eigenvalue weighted by Crippen LogP contribution is -2.24. The van der Waals surface area contributed by atoms with Gasteiger partial charge in [0.2, 0.25) is 5.91 Å². The first-order valence-corrected chi connectivity index (χ1v) is 9.31. The van der Waals surface area contributed by atoms with Crippen molar-refractivity contribution >= 4 is 34.6 Å². The van der Waals surface area contributed by atoms with Crippen LogP contribution in [0, 0.1) is 6.92 Å². The number of nitrogens with zero attached hydrogens (tertiary/aromatic N) is 1. The van der Waals surface area contributed by atoms with E-state index in [1.165, 1.54) is 16.9 Å². The highest BCUT2D eigenvalue weighted by Gasteiger charge is 2.10. The molecule has 0 fully saturated rings. The molecule has 0 aliphatic rings. The average molecular weight is 380 g/mol. The predicted molar refractivity (Wildman–Crippen MR) is 109 cm³/mol. The van der Waals surface area contributed by atoms with Crippen molar-refractivity contribution in [1.29, 1.82) is 0 Å². The molecule has 0 atom stereocenters. The van der Waals surface area contributed by atoms with Crippen molar-refractivity contribution in [3.63, 3.8) is 0 Å². The molecule has 0 saturated heterocycles. The Bertz CT molecular complexity index is 951. The van der Waals surface area contributed by atoms with Crippen LogP contribution < -0.4 is 16.0 Å². The number of amides is 3. The highest BCUT2D eigenvalue weighted by molar-refractivity contribution is 7.13. The molecule has 3 N–H and O–H groups in total. The van der Waals surface area contributed by atoms with Crippen LogP contribution in [0.5, 0.6) is 0 Å². The molecular formula is C20H20N4O2S. The summed E-state index contributed by atoms with van der Waals surface area (Å²) in [4.78, 5) is 28.1. The van der Waals surface area contributed by atoms with Crippen LogP contribution in [0.25, 0.3) is 10.6 Å². The number of rotatable bonds is 5. The van der Waals surface area contributed by atoms with Crippen molar-refractivity contribution in [3.8, 4) is 10.6 Å². The molecule has 138 valence electrons. The molecule has 6 nitrogen and oxygen atoms in total. The van der Waals surface area contributed by atoms with Crippen molar-refractivity contribution in [2.24, 2.45) is 0 Å². The summed E-state index contributed by atoms with van der Waals surface area (Å²) in [5.74, 6) is -0.136. The Kier molecular flexibility index (Phi) is 5.83. The fourth-order valence-corrected chi connectivity index (χ4v) is 3.32. The lowest BCUT2D eigenvalue weighted by Gasteiger charge is -2.07. The van der Waals surface area contributed by atoms with Crippen LogP contribution in [0.1, 0.15) is 11.3 Å². The van der Waals surface area contributed by atoms with Gasteiger partial charge in [-0.2, -0.15) is 0 Å². The van der Waals surface area contributed by atoms with E-state index in [1.807, 2.05) is 30.5 Å². The van der Waals surface area contributed by atoms with Gasteiger partial charge in [-0.15, -0.1) is 11.3 Å². The van der Waals surface area contributed by atoms with Gasteiger partial charge in [-0.05, 0) is 37.3 Å². The second-order valence-corrected chi connectivity index (χ2v) is 6.88. The summed E-state index contributed by atoms with van der Waals surface area (Å²) < 4.78 is 0. The Morgan fingerprint density at radius 3 is 2.41 bits per heavy atom. The third-order valence-electron chi connectivity index (χ3n) is 3.81. The Hall–Kier alpha value is -3.19. The number of anilines is 2. The summed E-state index contributed by atoms with van der Waals surface area (Å²) in [5.41, 5.74) is 4.29. The van der Waals surface area contributed by atoms with Crippen LogP contribution >= 0.6 is 11.3 Å². The summed E-state index contributed by atoms with van der Waals surface area (Å²) in [5, 5.41) is 10.8. The smallest absolute Gasteiger partial charge is 0.318 e. The second-order valence-electron chi connectivity index (χ2n) is 6.02. The molecule has 0 saturated carbocycles. The normalized spacial score (nSPS) is 10.3. The number of benzene rings is 2. The van der Waals surface area contributed by atoms with Crippen molar-refractivity contribution in [3.05, 3.63) is 65.2 Å². The predicted octanol–water partition coefficient (Wildman–Crippen LogP) is 4.05. The molecule has 0 unspecified atom stereocenters. The van der Waals surface area contributed by atoms with E-state index in [9.17, 15) is 9.59 Å². The quantitative estimate of drug-likeness (QED) is 0.624. The third-order valence-corrected chi connectivity index (χ3v) is 4.75. The van der Waals surface area contributed by atoms with E-state index in [2.05, 4.69) is 27.0 Å². The molecule has 3 amide bonds. The summed E-state index contributed by atoms with van der Waals surface area (Å²) in [6.45, 7) is 2.04. The fraction of sp³-hybridized carbons (Fsp3) is 0.150. The van der Waals surface area contributed by atoms with E-state index in [4.69, 9.17) is 0 Å². The van der Waals surface area contributed by atoms with Gasteiger partial charge in [-0.25, -0.2) is 9.78 Å². The first kappa shape index (κ1) is 18.6. The number of carbonyl (C=O) groups excluding carboxylic acids is 2. The van der Waals surface area contributed by atoms with Crippen LogP contribution in [0.2, 0.25) is 0 Å². The number of urea groups is 1. The van der Waals surface area contributed by atoms with Gasteiger partial charge in [-0.1, -0.05) is 23.8 Å². The number of hydrogen-bond donors (Lipinski definition) is 3. The Labute approximate surface area is 161 Å². The topological polar surface area (TPSA) is 83.1 Å². The number of hydrogen-bond acceptors (Lipinski definition) is 4. The molecule has 1 heterocycles. The Balaban J connectivity index is 1.59. The zero-order valence-corrected chi connectivity index (χ0v) is 15.9. The SMILES string of the molecule is CNC(=O)Nc1ccc(NC(=O)Cc2csc(-c3cccc(C)c3)n2)cc1. The molecule has 0 radical (unpaired) electrons. The maximum atomic E-state index is 12.3. The van der Waals surface area contributed by atoms with Gasteiger partial charge in [0.1, 0.15) is 5.01 Å². The Morgan fingerprint density at radius 2 is 1.74 bits per heavy atom. The van der Waals surface area contributed by atoms with Crippen LogP contribution in [0.4, 0.5) is 16.2 Å². The van der Waals surface area contributed by atoms with Crippen LogP contribution in [-0.4, -0.2) is 24.0 Å². The van der Waals surface area contributed by atoms with E-state index in [0.29, 0.717) is 11.4 Å². The molecule has 3 rings (SSSR count). The third kappa shape index (κ3) is 5.15. The highest BCUT2D eigenvalue weighted by Crippen LogP contribution is 2.24. The monoisotopic (exact) mass is 380 g/mol. The maximum Gasteiger partial charge on any atom is 0.318 e. The molecule has 7 heteroatoms. The number of aryl methyl sites for hydroxylation is 1. The molecule has 1 aromatic heterocycles. The molecule has 3 aromatic rings. The zero-order valence-electron chi connectivity index (χ0n) is 15.1. The summed E-state index contributed by atoms with van der Waals surface area (Å²) in [6.07, 6.45) is 0.209. The number of aromatic nitrogens is 1. The van der Waals surface area contributed by atoms with Gasteiger partial charge in [0.15, 0.2) is 0 Å². The number of nitrogens with one attached hydrogen (secondary N) is 3. The summed E-state index contributed by atoms with van der Waals surface area (Å²) in [7, 11) is 1.55. The molecule has 0 aliphatic heterocycles. The standard InChI is InChI=1S/C20H20N4O2S/c1-13-4-3-5-14(10-13)19-23-17(12-27-19)11-18(25)22-15-6-8-16(9-7-15)24-20(26)21-2/h3-10,12H,11H2,1-2H3,(H,22,25)(H2,21,24,26). The summed E-state index contributed by atoms with van der Waals surface area (Å²) in [6, 6.07) is 14.8. The van der Waals surface area contributed by atoms with E-state index < -0.39 is 0 Å². The van der Waals surface area contributed by atoms with Crippen molar-refractivity contribution in [1.82, 2.24) is 10.3 Å². The largest absolute Gasteiger partial charge is 0.341 e. The van der Waals surface area contributed by atoms with Gasteiger partial charge < -0.3 is 16.0 Å². The molecule has 27 heavy (non-hydrogen) atoms. The zero-order chi connectivity index (χ0) is 19.2. The minimum atomic E-state index is -0.292. The van der Waals surface area contributed by atoms with Gasteiger partial charge in [0.25, 0.3) is 0 Å². The number of thiazole rings is 1. The van der Waals surface area contributed by atoms with Gasteiger partial charge >= 0.3 is 6.03 Å². The number of carbonyl (C=O) groups is 2.